The minimum absolute atomic E-state index is 0. The normalized spacial score (nSPS) is 12.3. The van der Waals surface area contributed by atoms with Crippen LogP contribution in [0.5, 0.6) is 0 Å². The monoisotopic (exact) mass is 567 g/mol. The van der Waals surface area contributed by atoms with E-state index in [4.69, 9.17) is 9.41 Å². The number of nitrogens with zero attached hydrogens (tertiary/aromatic N) is 3. The molecule has 3 rings (SSSR count). The van der Waals surface area contributed by atoms with Crippen molar-refractivity contribution in [2.75, 3.05) is 18.8 Å². The van der Waals surface area contributed by atoms with Crippen molar-refractivity contribution in [3.8, 4) is 0 Å². The van der Waals surface area contributed by atoms with Gasteiger partial charge in [0, 0.05) is 48.9 Å². The number of guanidine groups is 1. The second kappa shape index (κ2) is 13.6. The van der Waals surface area contributed by atoms with Crippen LogP contribution in [0.3, 0.4) is 0 Å². The fraction of sp³-hybridized carbons (Fsp3) is 0.417. The molecule has 0 saturated heterocycles. The molecule has 0 aliphatic heterocycles. The highest BCUT2D eigenvalue weighted by Crippen LogP contribution is 2.16. The molecule has 6 nitrogen and oxygen atoms in total. The highest BCUT2D eigenvalue weighted by molar-refractivity contribution is 14.0. The van der Waals surface area contributed by atoms with Crippen LogP contribution >= 0.6 is 35.7 Å². The summed E-state index contributed by atoms with van der Waals surface area (Å²) in [5.74, 6) is 2.77. The van der Waals surface area contributed by atoms with E-state index in [1.807, 2.05) is 41.7 Å². The van der Waals surface area contributed by atoms with Gasteiger partial charge in [0.2, 0.25) is 0 Å². The Bertz CT molecular complexity index is 956. The Kier molecular flexibility index (Phi) is 11.2. The van der Waals surface area contributed by atoms with Crippen LogP contribution in [0.1, 0.15) is 29.6 Å². The molecule has 1 atom stereocenters. The molecule has 0 aliphatic rings. The number of hydrogen-bond donors (Lipinski definition) is 2. The number of thioether (sulfide) groups is 1. The van der Waals surface area contributed by atoms with E-state index in [1.165, 1.54) is 16.2 Å². The zero-order valence-corrected chi connectivity index (χ0v) is 22.4. The fourth-order valence-electron chi connectivity index (χ4n) is 3.44. The van der Waals surface area contributed by atoms with Gasteiger partial charge in [0.05, 0.1) is 12.0 Å². The Labute approximate surface area is 212 Å². The van der Waals surface area contributed by atoms with Gasteiger partial charge < -0.3 is 15.1 Å². The maximum Gasteiger partial charge on any atom is 0.191 e. The minimum Gasteiger partial charge on any atom is -0.469 e. The molecule has 174 valence electrons. The van der Waals surface area contributed by atoms with Gasteiger partial charge in [0.15, 0.2) is 5.96 Å². The van der Waals surface area contributed by atoms with Gasteiger partial charge in [0.25, 0.3) is 0 Å². The molecule has 1 unspecified atom stereocenters. The van der Waals surface area contributed by atoms with Gasteiger partial charge in [-0.15, -0.1) is 35.7 Å². The van der Waals surface area contributed by atoms with Crippen molar-refractivity contribution in [3.63, 3.8) is 0 Å². The molecule has 0 saturated carbocycles. The summed E-state index contributed by atoms with van der Waals surface area (Å²) in [6, 6.07) is 14.6. The molecule has 3 aromatic rings. The molecule has 0 amide bonds. The predicted octanol–water partition coefficient (Wildman–Crippen LogP) is 4.75. The quantitative estimate of drug-likeness (QED) is 0.122. The lowest BCUT2D eigenvalue weighted by molar-refractivity contribution is 0.510. The van der Waals surface area contributed by atoms with Crippen LogP contribution in [-0.2, 0) is 19.9 Å². The number of aliphatic imine (C=N–C) groups is 1. The topological polar surface area (TPSA) is 67.4 Å². The number of hydrogen-bond acceptors (Lipinski definition) is 4. The molecule has 1 aromatic carbocycles. The molecule has 0 aliphatic carbocycles. The molecule has 2 heterocycles. The Morgan fingerprint density at radius 2 is 1.97 bits per heavy atom. The van der Waals surface area contributed by atoms with E-state index in [-0.39, 0.29) is 30.0 Å². The second-order valence-electron chi connectivity index (χ2n) is 7.67. The Hall–Kier alpha value is -1.94. The molecule has 0 bridgehead atoms. The summed E-state index contributed by atoms with van der Waals surface area (Å²) in [6.45, 7) is 7.90. The minimum atomic E-state index is 0. The first-order valence-electron chi connectivity index (χ1n) is 10.8. The Morgan fingerprint density at radius 3 is 2.62 bits per heavy atom. The van der Waals surface area contributed by atoms with E-state index in [2.05, 4.69) is 60.8 Å². The van der Waals surface area contributed by atoms with Crippen LogP contribution in [0.15, 0.2) is 63.0 Å². The summed E-state index contributed by atoms with van der Waals surface area (Å²) in [5, 5.41) is 11.6. The zero-order valence-electron chi connectivity index (χ0n) is 19.3. The third kappa shape index (κ3) is 8.20. The summed E-state index contributed by atoms with van der Waals surface area (Å²) in [4.78, 5) is 6.06. The lowest BCUT2D eigenvalue weighted by Crippen LogP contribution is -2.44. The smallest absolute Gasteiger partial charge is 0.191 e. The highest BCUT2D eigenvalue weighted by atomic mass is 127. The van der Waals surface area contributed by atoms with Crippen LogP contribution < -0.4 is 10.6 Å². The number of aryl methyl sites for hydroxylation is 2. The molecule has 32 heavy (non-hydrogen) atoms. The standard InChI is InChI=1S/C24H33N5OS.HI/c1-18(17-23-19(2)28-29(4)20(23)3)27-24(25-13-12-21-9-8-15-30-21)26-14-16-31-22-10-6-5-7-11-22;/h5-11,15,18H,12-14,16-17H2,1-4H3,(H2,25,26,27);1H. The zero-order chi connectivity index (χ0) is 22.1. The summed E-state index contributed by atoms with van der Waals surface area (Å²) in [7, 11) is 2.00. The first-order chi connectivity index (χ1) is 15.0. The first kappa shape index (κ1) is 26.3. The van der Waals surface area contributed by atoms with Crippen LogP contribution in [0, 0.1) is 13.8 Å². The molecular formula is C24H34IN5OS. The maximum atomic E-state index is 5.43. The van der Waals surface area contributed by atoms with E-state index in [0.717, 1.165) is 42.6 Å². The summed E-state index contributed by atoms with van der Waals surface area (Å²) >= 11 is 1.84. The van der Waals surface area contributed by atoms with E-state index in [9.17, 15) is 0 Å². The molecule has 2 N–H and O–H groups in total. The number of nitrogens with one attached hydrogen (secondary N) is 2. The van der Waals surface area contributed by atoms with Gasteiger partial charge in [-0.25, -0.2) is 0 Å². The van der Waals surface area contributed by atoms with Crippen molar-refractivity contribution in [2.24, 2.45) is 12.0 Å². The lowest BCUT2D eigenvalue weighted by atomic mass is 10.1. The number of benzene rings is 1. The lowest BCUT2D eigenvalue weighted by Gasteiger charge is -2.19. The summed E-state index contributed by atoms with van der Waals surface area (Å²) in [5.41, 5.74) is 3.61. The molecule has 0 fully saturated rings. The van der Waals surface area contributed by atoms with Crippen LogP contribution in [0.25, 0.3) is 0 Å². The molecule has 0 spiro atoms. The first-order valence-corrected chi connectivity index (χ1v) is 11.8. The number of halogens is 1. The van der Waals surface area contributed by atoms with Gasteiger partial charge in [0.1, 0.15) is 5.76 Å². The number of furan rings is 1. The van der Waals surface area contributed by atoms with Crippen LogP contribution in [-0.4, -0.2) is 40.6 Å². The summed E-state index contributed by atoms with van der Waals surface area (Å²) < 4.78 is 7.38. The van der Waals surface area contributed by atoms with Gasteiger partial charge in [-0.05, 0) is 57.0 Å². The molecular weight excluding hydrogens is 533 g/mol. The van der Waals surface area contributed by atoms with E-state index < -0.39 is 0 Å². The van der Waals surface area contributed by atoms with Crippen molar-refractivity contribution in [2.45, 2.75) is 44.6 Å². The third-order valence-corrected chi connectivity index (χ3v) is 6.18. The van der Waals surface area contributed by atoms with Gasteiger partial charge in [-0.2, -0.15) is 5.10 Å². The van der Waals surface area contributed by atoms with Gasteiger partial charge in [-0.3, -0.25) is 9.67 Å². The SMILES string of the molecule is Cc1nn(C)c(C)c1CC(C)NC(=NCCc1ccco1)NCCSc1ccccc1.I. The number of aromatic nitrogens is 2. The van der Waals surface area contributed by atoms with E-state index >= 15 is 0 Å². The van der Waals surface area contributed by atoms with Crippen LogP contribution in [0.2, 0.25) is 0 Å². The van der Waals surface area contributed by atoms with Crippen molar-refractivity contribution < 1.29 is 4.42 Å². The van der Waals surface area contributed by atoms with Crippen molar-refractivity contribution in [1.29, 1.82) is 0 Å². The molecule has 2 aromatic heterocycles. The van der Waals surface area contributed by atoms with Gasteiger partial charge in [-0.1, -0.05) is 18.2 Å². The van der Waals surface area contributed by atoms with E-state index in [1.54, 1.807) is 6.26 Å². The molecule has 8 heteroatoms. The van der Waals surface area contributed by atoms with Crippen molar-refractivity contribution in [3.05, 3.63) is 71.4 Å². The summed E-state index contributed by atoms with van der Waals surface area (Å²) in [6.07, 6.45) is 3.40. The van der Waals surface area contributed by atoms with E-state index in [0.29, 0.717) is 6.54 Å². The fourth-order valence-corrected chi connectivity index (χ4v) is 4.23. The Morgan fingerprint density at radius 1 is 1.19 bits per heavy atom. The third-order valence-electron chi connectivity index (χ3n) is 5.17. The van der Waals surface area contributed by atoms with Crippen molar-refractivity contribution >= 4 is 41.7 Å². The second-order valence-corrected chi connectivity index (χ2v) is 8.84. The Balaban J connectivity index is 0.00000363. The predicted molar refractivity (Wildman–Crippen MR) is 144 cm³/mol. The molecule has 0 radical (unpaired) electrons. The number of rotatable bonds is 10. The average molecular weight is 568 g/mol. The highest BCUT2D eigenvalue weighted by Gasteiger charge is 2.14. The average Bonchev–Trinajstić information content (AvgIpc) is 3.36. The van der Waals surface area contributed by atoms with Gasteiger partial charge >= 0.3 is 0 Å². The maximum absolute atomic E-state index is 5.43. The largest absolute Gasteiger partial charge is 0.469 e. The van der Waals surface area contributed by atoms with Crippen LogP contribution in [0.4, 0.5) is 0 Å². The van der Waals surface area contributed by atoms with Crippen molar-refractivity contribution in [1.82, 2.24) is 20.4 Å².